The van der Waals surface area contributed by atoms with Gasteiger partial charge in [-0.2, -0.15) is 0 Å². The highest BCUT2D eigenvalue weighted by molar-refractivity contribution is 6.36. The maximum Gasteiger partial charge on any atom is 0.240 e. The van der Waals surface area contributed by atoms with E-state index in [-0.39, 0.29) is 17.5 Å². The summed E-state index contributed by atoms with van der Waals surface area (Å²) in [6.45, 7) is 0. The second kappa shape index (κ2) is 6.93. The molecule has 0 N–H and O–H groups in total. The zero-order valence-corrected chi connectivity index (χ0v) is 17.5. The molecule has 0 unspecified atom stereocenters. The molecule has 2 saturated heterocycles. The van der Waals surface area contributed by atoms with Gasteiger partial charge in [-0.3, -0.25) is 14.4 Å². The fraction of sp³-hybridized carbons (Fsp3) is 0.160. The van der Waals surface area contributed by atoms with Crippen LogP contribution in [-0.4, -0.2) is 28.5 Å². The highest BCUT2D eigenvalue weighted by Gasteiger charge is 2.65. The number of Topliss-reactive ketones (excluding diaryl/α,β-unsaturated/α-hetero) is 1. The van der Waals surface area contributed by atoms with Crippen LogP contribution < -0.4 is 4.90 Å². The van der Waals surface area contributed by atoms with Crippen LogP contribution in [0.3, 0.4) is 0 Å². The van der Waals surface area contributed by atoms with Crippen molar-refractivity contribution in [3.05, 3.63) is 95.0 Å². The van der Waals surface area contributed by atoms with Gasteiger partial charge in [0.2, 0.25) is 17.6 Å². The summed E-state index contributed by atoms with van der Waals surface area (Å²) in [6, 6.07) is 16.4. The van der Waals surface area contributed by atoms with Gasteiger partial charge in [0.05, 0.1) is 34.9 Å². The zero-order valence-electron chi connectivity index (χ0n) is 16.7. The van der Waals surface area contributed by atoms with E-state index in [0.717, 1.165) is 16.0 Å². The first-order valence-corrected chi connectivity index (χ1v) is 10.7. The SMILES string of the molecule is O=C(c1ccco1)[C@@H]1[C@@H]2C(=O)N(c3ccccc3Cl)C(=O)[C@H]2[C@H]2c3ccccc3C=CN12. The number of halogens is 1. The van der Waals surface area contributed by atoms with Gasteiger partial charge >= 0.3 is 0 Å². The quantitative estimate of drug-likeness (QED) is 0.444. The number of hydrogen-bond acceptors (Lipinski definition) is 5. The molecule has 4 atom stereocenters. The average molecular weight is 445 g/mol. The number of carbonyl (C=O) groups excluding carboxylic acids is 3. The Morgan fingerprint density at radius 2 is 1.66 bits per heavy atom. The number of furan rings is 1. The van der Waals surface area contributed by atoms with Gasteiger partial charge in [-0.1, -0.05) is 48.0 Å². The van der Waals surface area contributed by atoms with Crippen molar-refractivity contribution in [1.82, 2.24) is 4.90 Å². The molecule has 158 valence electrons. The molecular weight excluding hydrogens is 428 g/mol. The number of imide groups is 1. The largest absolute Gasteiger partial charge is 0.461 e. The number of fused-ring (bicyclic) bond motifs is 5. The molecule has 0 aliphatic carbocycles. The molecule has 3 aromatic rings. The molecule has 2 aromatic carbocycles. The normalized spacial score (nSPS) is 25.7. The van der Waals surface area contributed by atoms with E-state index in [1.54, 1.807) is 36.4 Å². The molecule has 6 nitrogen and oxygen atoms in total. The predicted molar refractivity (Wildman–Crippen MR) is 118 cm³/mol. The van der Waals surface area contributed by atoms with Gasteiger partial charge in [-0.05, 0) is 41.5 Å². The second-order valence-corrected chi connectivity index (χ2v) is 8.55. The van der Waals surface area contributed by atoms with E-state index in [2.05, 4.69) is 0 Å². The molecule has 0 saturated carbocycles. The zero-order chi connectivity index (χ0) is 22.0. The van der Waals surface area contributed by atoms with Crippen molar-refractivity contribution in [2.24, 2.45) is 11.8 Å². The Balaban J connectivity index is 1.52. The molecule has 0 spiro atoms. The fourth-order valence-electron chi connectivity index (χ4n) is 5.29. The molecule has 0 radical (unpaired) electrons. The number of benzene rings is 2. The number of para-hydroxylation sites is 1. The van der Waals surface area contributed by atoms with E-state index < -0.39 is 29.8 Å². The molecule has 4 heterocycles. The van der Waals surface area contributed by atoms with Crippen molar-refractivity contribution >= 4 is 41.0 Å². The summed E-state index contributed by atoms with van der Waals surface area (Å²) in [7, 11) is 0. The molecule has 3 aliphatic heterocycles. The number of anilines is 1. The maximum atomic E-state index is 13.7. The van der Waals surface area contributed by atoms with E-state index in [1.165, 1.54) is 6.26 Å². The monoisotopic (exact) mass is 444 g/mol. The number of rotatable bonds is 3. The van der Waals surface area contributed by atoms with Crippen molar-refractivity contribution in [2.45, 2.75) is 12.1 Å². The minimum atomic E-state index is -0.857. The van der Waals surface area contributed by atoms with Crippen LogP contribution in [0.1, 0.15) is 27.7 Å². The molecule has 0 bridgehead atoms. The summed E-state index contributed by atoms with van der Waals surface area (Å²) in [5.41, 5.74) is 2.23. The molecule has 2 fully saturated rings. The molecule has 3 aliphatic rings. The van der Waals surface area contributed by atoms with Gasteiger partial charge in [-0.25, -0.2) is 4.90 Å². The Labute approximate surface area is 188 Å². The van der Waals surface area contributed by atoms with Crippen LogP contribution in [0.5, 0.6) is 0 Å². The lowest BCUT2D eigenvalue weighted by Crippen LogP contribution is -2.44. The van der Waals surface area contributed by atoms with Gasteiger partial charge in [0, 0.05) is 6.20 Å². The lowest BCUT2D eigenvalue weighted by atomic mass is 9.84. The minimum Gasteiger partial charge on any atom is -0.461 e. The molecule has 2 amide bonds. The van der Waals surface area contributed by atoms with Crippen LogP contribution >= 0.6 is 11.6 Å². The van der Waals surface area contributed by atoms with Gasteiger partial charge < -0.3 is 9.32 Å². The van der Waals surface area contributed by atoms with Crippen molar-refractivity contribution in [3.63, 3.8) is 0 Å². The second-order valence-electron chi connectivity index (χ2n) is 8.14. The number of carbonyl (C=O) groups is 3. The van der Waals surface area contributed by atoms with E-state index in [0.29, 0.717) is 10.7 Å². The van der Waals surface area contributed by atoms with Gasteiger partial charge in [0.1, 0.15) is 6.04 Å². The van der Waals surface area contributed by atoms with Crippen molar-refractivity contribution < 1.29 is 18.8 Å². The van der Waals surface area contributed by atoms with Gasteiger partial charge in [-0.15, -0.1) is 0 Å². The van der Waals surface area contributed by atoms with E-state index in [1.807, 2.05) is 41.4 Å². The summed E-state index contributed by atoms with van der Waals surface area (Å²) in [5.74, 6) is -2.48. The molecule has 7 heteroatoms. The van der Waals surface area contributed by atoms with Crippen LogP contribution in [0.25, 0.3) is 6.08 Å². The summed E-state index contributed by atoms with van der Waals surface area (Å²) >= 11 is 6.34. The van der Waals surface area contributed by atoms with Gasteiger partial charge in [0.15, 0.2) is 5.76 Å². The molecule has 6 rings (SSSR count). The summed E-state index contributed by atoms with van der Waals surface area (Å²) < 4.78 is 5.37. The van der Waals surface area contributed by atoms with Crippen molar-refractivity contribution in [1.29, 1.82) is 0 Å². The Morgan fingerprint density at radius 3 is 2.44 bits per heavy atom. The standard InChI is InChI=1S/C25H17ClN2O4/c26-16-8-3-4-9-17(16)28-24(30)19-20(25(28)31)22(23(29)18-10-5-13-32-18)27-12-11-14-6-1-2-7-15(14)21(19)27/h1-13,19-22H/t19-,20-,21-,22+/m1/s1. The molecule has 1 aromatic heterocycles. The Hall–Kier alpha value is -3.64. The average Bonchev–Trinajstić information content (AvgIpc) is 3.51. The third-order valence-corrected chi connectivity index (χ3v) is 6.91. The highest BCUT2D eigenvalue weighted by Crippen LogP contribution is 2.54. The Morgan fingerprint density at radius 1 is 0.906 bits per heavy atom. The first kappa shape index (κ1) is 19.1. The van der Waals surface area contributed by atoms with Crippen LogP contribution in [0.15, 0.2) is 77.5 Å². The van der Waals surface area contributed by atoms with Crippen molar-refractivity contribution in [3.8, 4) is 0 Å². The summed E-state index contributed by atoms with van der Waals surface area (Å²) in [5, 5.41) is 0.309. The van der Waals surface area contributed by atoms with Crippen LogP contribution in [0.2, 0.25) is 5.02 Å². The summed E-state index contributed by atoms with van der Waals surface area (Å²) in [4.78, 5) is 43.9. The number of nitrogens with zero attached hydrogens (tertiary/aromatic N) is 2. The minimum absolute atomic E-state index is 0.165. The number of amides is 2. The third kappa shape index (κ3) is 2.50. The summed E-state index contributed by atoms with van der Waals surface area (Å²) in [6.07, 6.45) is 5.16. The smallest absolute Gasteiger partial charge is 0.240 e. The van der Waals surface area contributed by atoms with Crippen LogP contribution in [0, 0.1) is 11.8 Å². The number of hydrogen-bond donors (Lipinski definition) is 0. The maximum absolute atomic E-state index is 13.7. The van der Waals surface area contributed by atoms with E-state index in [4.69, 9.17) is 16.0 Å². The van der Waals surface area contributed by atoms with Gasteiger partial charge in [0.25, 0.3) is 0 Å². The lowest BCUT2D eigenvalue weighted by Gasteiger charge is -2.35. The Kier molecular flexibility index (Phi) is 4.13. The first-order chi connectivity index (χ1) is 15.6. The lowest BCUT2D eigenvalue weighted by molar-refractivity contribution is -0.123. The van der Waals surface area contributed by atoms with E-state index in [9.17, 15) is 14.4 Å². The first-order valence-electron chi connectivity index (χ1n) is 10.3. The van der Waals surface area contributed by atoms with Crippen molar-refractivity contribution in [2.75, 3.05) is 4.90 Å². The van der Waals surface area contributed by atoms with Crippen LogP contribution in [0.4, 0.5) is 5.69 Å². The van der Waals surface area contributed by atoms with Crippen LogP contribution in [-0.2, 0) is 9.59 Å². The molecular formula is C25H17ClN2O4. The highest BCUT2D eigenvalue weighted by atomic mass is 35.5. The number of ketones is 1. The fourth-order valence-corrected chi connectivity index (χ4v) is 5.51. The Bertz CT molecular complexity index is 1300. The topological polar surface area (TPSA) is 70.8 Å². The third-order valence-electron chi connectivity index (χ3n) is 6.59. The molecule has 32 heavy (non-hydrogen) atoms. The van der Waals surface area contributed by atoms with E-state index >= 15 is 0 Å². The predicted octanol–water partition coefficient (Wildman–Crippen LogP) is 4.33.